The van der Waals surface area contributed by atoms with Gasteiger partial charge in [0, 0.05) is 33.2 Å². The Hall–Kier alpha value is -1.26. The normalized spacial score (nSPS) is 23.6. The number of likely N-dealkylation sites (tertiary alicyclic amines) is 2. The van der Waals surface area contributed by atoms with Gasteiger partial charge in [-0.1, -0.05) is 6.92 Å². The quantitative estimate of drug-likeness (QED) is 0.759. The van der Waals surface area contributed by atoms with E-state index >= 15 is 0 Å². The van der Waals surface area contributed by atoms with Crippen LogP contribution in [0.2, 0.25) is 0 Å². The van der Waals surface area contributed by atoms with Crippen LogP contribution in [0.25, 0.3) is 0 Å². The molecule has 0 aromatic rings. The van der Waals surface area contributed by atoms with Gasteiger partial charge in [0.1, 0.15) is 6.54 Å². The minimum atomic E-state index is -0.000836. The molecule has 0 aliphatic carbocycles. The topological polar surface area (TPSA) is 43.9 Å². The zero-order chi connectivity index (χ0) is 13.8. The summed E-state index contributed by atoms with van der Waals surface area (Å²) in [6, 6.07) is -0.000836. The van der Waals surface area contributed by atoms with Gasteiger partial charge in [0.05, 0.1) is 0 Å². The fraction of sp³-hybridized carbons (Fsp3) is 0.857. The molecule has 2 saturated heterocycles. The van der Waals surface area contributed by atoms with Gasteiger partial charge in [0.15, 0.2) is 0 Å². The number of likely N-dealkylation sites (N-methyl/N-ethyl adjacent to an activating group) is 1. The molecule has 19 heavy (non-hydrogen) atoms. The summed E-state index contributed by atoms with van der Waals surface area (Å²) < 4.78 is 0. The molecule has 2 aliphatic rings. The Morgan fingerprint density at radius 2 is 1.74 bits per heavy atom. The average Bonchev–Trinajstić information content (AvgIpc) is 2.91. The van der Waals surface area contributed by atoms with Crippen LogP contribution in [-0.2, 0) is 4.79 Å². The van der Waals surface area contributed by atoms with Crippen LogP contribution in [0.3, 0.4) is 0 Å². The van der Waals surface area contributed by atoms with Gasteiger partial charge in [-0.15, -0.1) is 0 Å². The minimum Gasteiger partial charge on any atom is -0.341 e. The van der Waals surface area contributed by atoms with E-state index in [1.165, 1.54) is 6.42 Å². The Morgan fingerprint density at radius 3 is 2.37 bits per heavy atom. The molecule has 5 heteroatoms. The molecule has 108 valence electrons. The second-order valence-corrected chi connectivity index (χ2v) is 5.92. The number of amides is 3. The zero-order valence-corrected chi connectivity index (χ0v) is 12.1. The Morgan fingerprint density at radius 1 is 1.11 bits per heavy atom. The van der Waals surface area contributed by atoms with E-state index in [1.807, 2.05) is 9.80 Å². The van der Waals surface area contributed by atoms with Crippen molar-refractivity contribution in [2.24, 2.45) is 5.92 Å². The highest BCUT2D eigenvalue weighted by atomic mass is 16.2. The highest BCUT2D eigenvalue weighted by Crippen LogP contribution is 2.16. The summed E-state index contributed by atoms with van der Waals surface area (Å²) in [4.78, 5) is 29.6. The lowest BCUT2D eigenvalue weighted by molar-refractivity contribution is -0.130. The highest BCUT2D eigenvalue weighted by Gasteiger charge is 2.26. The Labute approximate surface area is 115 Å². The van der Waals surface area contributed by atoms with Crippen LogP contribution < -0.4 is 0 Å². The number of nitrogens with zero attached hydrogens (tertiary/aromatic N) is 3. The van der Waals surface area contributed by atoms with E-state index < -0.39 is 0 Å². The predicted octanol–water partition coefficient (Wildman–Crippen LogP) is 1.39. The summed E-state index contributed by atoms with van der Waals surface area (Å²) in [6.07, 6.45) is 4.45. The first-order valence-corrected chi connectivity index (χ1v) is 7.35. The highest BCUT2D eigenvalue weighted by molar-refractivity contribution is 5.84. The van der Waals surface area contributed by atoms with Gasteiger partial charge in [-0.05, 0) is 31.6 Å². The number of hydrogen-bond acceptors (Lipinski definition) is 2. The van der Waals surface area contributed by atoms with E-state index in [0.717, 1.165) is 45.4 Å². The molecular formula is C14H25N3O2. The SMILES string of the molecule is CC1CCCN(C(=O)N(C)CC(=O)N2CCCC2)C1. The van der Waals surface area contributed by atoms with Crippen LogP contribution in [-0.4, -0.2) is 66.4 Å². The second kappa shape index (κ2) is 6.26. The molecule has 0 radical (unpaired) electrons. The van der Waals surface area contributed by atoms with Crippen molar-refractivity contribution < 1.29 is 9.59 Å². The standard InChI is InChI=1S/C14H25N3O2/c1-12-6-5-9-17(10-12)14(19)15(2)11-13(18)16-7-3-4-8-16/h12H,3-11H2,1-2H3. The van der Waals surface area contributed by atoms with Crippen LogP contribution >= 0.6 is 0 Å². The van der Waals surface area contributed by atoms with Crippen molar-refractivity contribution in [2.75, 3.05) is 39.8 Å². The van der Waals surface area contributed by atoms with Crippen LogP contribution in [0, 0.1) is 5.92 Å². The predicted molar refractivity (Wildman–Crippen MR) is 73.8 cm³/mol. The number of hydrogen-bond donors (Lipinski definition) is 0. The lowest BCUT2D eigenvalue weighted by Gasteiger charge is -2.34. The molecule has 2 fully saturated rings. The van der Waals surface area contributed by atoms with Crippen molar-refractivity contribution in [3.05, 3.63) is 0 Å². The van der Waals surface area contributed by atoms with Crippen LogP contribution in [0.15, 0.2) is 0 Å². The maximum Gasteiger partial charge on any atom is 0.320 e. The van der Waals surface area contributed by atoms with Gasteiger partial charge in [-0.2, -0.15) is 0 Å². The molecule has 0 saturated carbocycles. The first-order valence-electron chi connectivity index (χ1n) is 7.35. The van der Waals surface area contributed by atoms with Crippen LogP contribution in [0.5, 0.6) is 0 Å². The summed E-state index contributed by atoms with van der Waals surface area (Å²) in [5.41, 5.74) is 0. The van der Waals surface area contributed by atoms with Gasteiger partial charge in [-0.25, -0.2) is 4.79 Å². The summed E-state index contributed by atoms with van der Waals surface area (Å²) in [7, 11) is 1.73. The Kier molecular flexibility index (Phi) is 4.66. The second-order valence-electron chi connectivity index (χ2n) is 5.92. The van der Waals surface area contributed by atoms with Gasteiger partial charge < -0.3 is 14.7 Å². The number of carbonyl (C=O) groups excluding carboxylic acids is 2. The fourth-order valence-corrected chi connectivity index (χ4v) is 2.94. The third-order valence-corrected chi connectivity index (χ3v) is 4.09. The molecule has 2 aliphatic heterocycles. The van der Waals surface area contributed by atoms with Gasteiger partial charge in [0.2, 0.25) is 5.91 Å². The molecule has 1 atom stereocenters. The van der Waals surface area contributed by atoms with E-state index in [0.29, 0.717) is 5.92 Å². The summed E-state index contributed by atoms with van der Waals surface area (Å²) >= 11 is 0. The third kappa shape index (κ3) is 3.61. The van der Waals surface area contributed by atoms with E-state index in [-0.39, 0.29) is 18.5 Å². The summed E-state index contributed by atoms with van der Waals surface area (Å²) in [5, 5.41) is 0. The van der Waals surface area contributed by atoms with Crippen molar-refractivity contribution in [3.8, 4) is 0 Å². The van der Waals surface area contributed by atoms with Crippen molar-refractivity contribution in [3.63, 3.8) is 0 Å². The third-order valence-electron chi connectivity index (χ3n) is 4.09. The number of carbonyl (C=O) groups is 2. The average molecular weight is 267 g/mol. The first kappa shape index (κ1) is 14.2. The molecule has 5 nitrogen and oxygen atoms in total. The Balaban J connectivity index is 1.82. The molecular weight excluding hydrogens is 242 g/mol. The van der Waals surface area contributed by atoms with E-state index in [1.54, 1.807) is 11.9 Å². The number of piperidine rings is 1. The monoisotopic (exact) mass is 267 g/mol. The molecule has 0 aromatic heterocycles. The molecule has 3 amide bonds. The largest absolute Gasteiger partial charge is 0.341 e. The minimum absolute atomic E-state index is 0.000836. The first-order chi connectivity index (χ1) is 9.08. The molecule has 0 aromatic carbocycles. The van der Waals surface area contributed by atoms with Crippen LogP contribution in [0.4, 0.5) is 4.79 Å². The van der Waals surface area contributed by atoms with Gasteiger partial charge >= 0.3 is 6.03 Å². The fourth-order valence-electron chi connectivity index (χ4n) is 2.94. The maximum absolute atomic E-state index is 12.3. The Bertz CT molecular complexity index is 340. The van der Waals surface area contributed by atoms with Crippen molar-refractivity contribution in [2.45, 2.75) is 32.6 Å². The molecule has 1 unspecified atom stereocenters. The van der Waals surface area contributed by atoms with Gasteiger partial charge in [-0.3, -0.25) is 4.79 Å². The molecule has 2 rings (SSSR count). The zero-order valence-electron chi connectivity index (χ0n) is 12.1. The van der Waals surface area contributed by atoms with E-state index in [4.69, 9.17) is 0 Å². The molecule has 0 spiro atoms. The number of rotatable bonds is 2. The lowest BCUT2D eigenvalue weighted by Crippen LogP contribution is -2.48. The molecule has 0 N–H and O–H groups in total. The number of urea groups is 1. The maximum atomic E-state index is 12.3. The van der Waals surface area contributed by atoms with E-state index in [2.05, 4.69) is 6.92 Å². The molecule has 0 bridgehead atoms. The smallest absolute Gasteiger partial charge is 0.320 e. The lowest BCUT2D eigenvalue weighted by atomic mass is 10.0. The van der Waals surface area contributed by atoms with Crippen molar-refractivity contribution in [1.82, 2.24) is 14.7 Å². The van der Waals surface area contributed by atoms with Gasteiger partial charge in [0.25, 0.3) is 0 Å². The summed E-state index contributed by atoms with van der Waals surface area (Å²) in [5.74, 6) is 0.652. The van der Waals surface area contributed by atoms with Crippen molar-refractivity contribution in [1.29, 1.82) is 0 Å². The van der Waals surface area contributed by atoms with E-state index in [9.17, 15) is 9.59 Å². The summed E-state index contributed by atoms with van der Waals surface area (Å²) in [6.45, 7) is 5.73. The molecule has 2 heterocycles. The van der Waals surface area contributed by atoms with Crippen LogP contribution in [0.1, 0.15) is 32.6 Å². The van der Waals surface area contributed by atoms with Crippen molar-refractivity contribution >= 4 is 11.9 Å².